The lowest BCUT2D eigenvalue weighted by Gasteiger charge is -2.20. The lowest BCUT2D eigenvalue weighted by molar-refractivity contribution is -0.142. The maximum absolute atomic E-state index is 11.6. The van der Waals surface area contributed by atoms with Gasteiger partial charge in [-0.25, -0.2) is 4.79 Å². The van der Waals surface area contributed by atoms with Crippen molar-refractivity contribution in [3.63, 3.8) is 0 Å². The van der Waals surface area contributed by atoms with E-state index in [2.05, 4.69) is 0 Å². The van der Waals surface area contributed by atoms with E-state index in [0.29, 0.717) is 34.1 Å². The number of carbonyl (C=O) groups excluding carboxylic acids is 2. The Balaban J connectivity index is 1.47. The summed E-state index contributed by atoms with van der Waals surface area (Å²) in [5.41, 5.74) is 0.822. The zero-order valence-corrected chi connectivity index (χ0v) is 19.6. The summed E-state index contributed by atoms with van der Waals surface area (Å²) < 4.78 is 15.9. The summed E-state index contributed by atoms with van der Waals surface area (Å²) in [4.78, 5) is 24.5. The first-order chi connectivity index (χ1) is 14.9. The van der Waals surface area contributed by atoms with Crippen molar-refractivity contribution in [2.24, 2.45) is 11.8 Å². The molecule has 1 aromatic heterocycles. The molecule has 1 fully saturated rings. The number of esters is 2. The van der Waals surface area contributed by atoms with Gasteiger partial charge in [-0.2, -0.15) is 0 Å². The normalized spacial score (nSPS) is 18.0. The number of benzene rings is 1. The number of thiophene rings is 1. The highest BCUT2D eigenvalue weighted by atomic mass is 35.5. The van der Waals surface area contributed by atoms with Gasteiger partial charge in [-0.05, 0) is 73.4 Å². The van der Waals surface area contributed by atoms with Gasteiger partial charge < -0.3 is 14.2 Å². The first-order valence-electron chi connectivity index (χ1n) is 10.7. The maximum atomic E-state index is 11.6. The number of rotatable bonds is 10. The zero-order valence-electron chi connectivity index (χ0n) is 18.0. The molecule has 0 unspecified atom stereocenters. The third-order valence-corrected chi connectivity index (χ3v) is 7.04. The quantitative estimate of drug-likeness (QED) is 0.399. The van der Waals surface area contributed by atoms with Crippen molar-refractivity contribution in [1.82, 2.24) is 0 Å². The molecule has 31 heavy (non-hydrogen) atoms. The SMILES string of the molecule is COC(=O)c1ccc(CCC[C@H]2CCC[C@@H]2COc2cc(Cl)cc(COC(C)=O)c2)s1. The van der Waals surface area contributed by atoms with Crippen molar-refractivity contribution in [3.8, 4) is 5.75 Å². The second-order valence-corrected chi connectivity index (χ2v) is 9.59. The van der Waals surface area contributed by atoms with Gasteiger partial charge in [0.2, 0.25) is 0 Å². The Morgan fingerprint density at radius 2 is 1.97 bits per heavy atom. The number of halogens is 1. The molecule has 0 amide bonds. The van der Waals surface area contributed by atoms with E-state index < -0.39 is 0 Å². The molecule has 1 saturated carbocycles. The van der Waals surface area contributed by atoms with E-state index in [0.717, 1.165) is 24.8 Å². The highest BCUT2D eigenvalue weighted by molar-refractivity contribution is 7.13. The van der Waals surface area contributed by atoms with Crippen molar-refractivity contribution >= 4 is 34.9 Å². The molecule has 1 aromatic carbocycles. The first-order valence-corrected chi connectivity index (χ1v) is 11.9. The molecule has 0 saturated heterocycles. The number of hydrogen-bond acceptors (Lipinski definition) is 6. The standard InChI is InChI=1S/C24H29ClO5S/c1-16(26)29-14-17-11-20(25)13-21(12-17)30-15-19-7-3-5-18(19)6-4-8-22-9-10-23(31-22)24(27)28-2/h9-13,18-19H,3-8,14-15H2,1-2H3/t18-,19-/m1/s1. The minimum Gasteiger partial charge on any atom is -0.493 e. The fraction of sp³-hybridized carbons (Fsp3) is 0.500. The van der Waals surface area contributed by atoms with Gasteiger partial charge in [-0.1, -0.05) is 24.4 Å². The van der Waals surface area contributed by atoms with Crippen LogP contribution in [0.25, 0.3) is 0 Å². The van der Waals surface area contributed by atoms with E-state index in [1.165, 1.54) is 49.5 Å². The number of methoxy groups -OCH3 is 1. The Hall–Kier alpha value is -2.05. The summed E-state index contributed by atoms with van der Waals surface area (Å²) in [6.45, 7) is 2.25. The summed E-state index contributed by atoms with van der Waals surface area (Å²) >= 11 is 7.72. The highest BCUT2D eigenvalue weighted by Crippen LogP contribution is 2.36. The maximum Gasteiger partial charge on any atom is 0.348 e. The van der Waals surface area contributed by atoms with Crippen LogP contribution in [0.2, 0.25) is 5.02 Å². The van der Waals surface area contributed by atoms with Crippen LogP contribution in [-0.4, -0.2) is 25.7 Å². The van der Waals surface area contributed by atoms with Crippen LogP contribution in [0.5, 0.6) is 5.75 Å². The van der Waals surface area contributed by atoms with Crippen LogP contribution in [-0.2, 0) is 27.3 Å². The number of carbonyl (C=O) groups is 2. The Kier molecular flexibility index (Phi) is 8.79. The summed E-state index contributed by atoms with van der Waals surface area (Å²) in [5, 5.41) is 0.574. The Bertz CT molecular complexity index is 894. The predicted molar refractivity (Wildman–Crippen MR) is 122 cm³/mol. The van der Waals surface area contributed by atoms with Gasteiger partial charge in [0.15, 0.2) is 0 Å². The topological polar surface area (TPSA) is 61.8 Å². The summed E-state index contributed by atoms with van der Waals surface area (Å²) in [7, 11) is 1.41. The molecule has 0 bridgehead atoms. The smallest absolute Gasteiger partial charge is 0.348 e. The lowest BCUT2D eigenvalue weighted by Crippen LogP contribution is -2.17. The molecule has 2 atom stereocenters. The van der Waals surface area contributed by atoms with Crippen molar-refractivity contribution in [1.29, 1.82) is 0 Å². The zero-order chi connectivity index (χ0) is 22.2. The largest absolute Gasteiger partial charge is 0.493 e. The second-order valence-electron chi connectivity index (χ2n) is 7.99. The minimum atomic E-state index is -0.319. The molecule has 168 valence electrons. The van der Waals surface area contributed by atoms with Crippen molar-refractivity contribution < 1.29 is 23.8 Å². The monoisotopic (exact) mass is 464 g/mol. The molecule has 7 heteroatoms. The van der Waals surface area contributed by atoms with E-state index in [1.54, 1.807) is 12.1 Å². The first kappa shape index (κ1) is 23.6. The van der Waals surface area contributed by atoms with E-state index in [9.17, 15) is 9.59 Å². The Morgan fingerprint density at radius 1 is 1.16 bits per heavy atom. The molecule has 0 spiro atoms. The van der Waals surface area contributed by atoms with Gasteiger partial charge in [0.25, 0.3) is 0 Å². The number of aryl methyl sites for hydroxylation is 1. The summed E-state index contributed by atoms with van der Waals surface area (Å²) in [5.74, 6) is 1.32. The molecule has 1 aliphatic rings. The number of ether oxygens (including phenoxy) is 3. The van der Waals surface area contributed by atoms with Crippen molar-refractivity contribution in [3.05, 3.63) is 50.7 Å². The van der Waals surface area contributed by atoms with E-state index in [4.69, 9.17) is 25.8 Å². The van der Waals surface area contributed by atoms with Crippen LogP contribution in [0, 0.1) is 11.8 Å². The van der Waals surface area contributed by atoms with E-state index in [-0.39, 0.29) is 18.5 Å². The molecule has 0 radical (unpaired) electrons. The van der Waals surface area contributed by atoms with Gasteiger partial charge in [0, 0.05) is 16.8 Å². The minimum absolute atomic E-state index is 0.193. The molecular formula is C24H29ClO5S. The number of hydrogen-bond donors (Lipinski definition) is 0. The van der Waals surface area contributed by atoms with Gasteiger partial charge in [0.1, 0.15) is 17.2 Å². The lowest BCUT2D eigenvalue weighted by atomic mass is 9.91. The van der Waals surface area contributed by atoms with Gasteiger partial charge in [0.05, 0.1) is 13.7 Å². The molecule has 3 rings (SSSR count). The molecule has 0 aliphatic heterocycles. The molecule has 5 nitrogen and oxygen atoms in total. The molecule has 1 aliphatic carbocycles. The van der Waals surface area contributed by atoms with Gasteiger partial charge in [-0.15, -0.1) is 11.3 Å². The van der Waals surface area contributed by atoms with Crippen molar-refractivity contribution in [2.75, 3.05) is 13.7 Å². The predicted octanol–water partition coefficient (Wildman–Crippen LogP) is 6.07. The van der Waals surface area contributed by atoms with Crippen LogP contribution < -0.4 is 4.74 Å². The fourth-order valence-electron chi connectivity index (χ4n) is 4.15. The van der Waals surface area contributed by atoms with Crippen LogP contribution in [0.15, 0.2) is 30.3 Å². The van der Waals surface area contributed by atoms with Crippen LogP contribution in [0.4, 0.5) is 0 Å². The highest BCUT2D eigenvalue weighted by Gasteiger charge is 2.27. The average molecular weight is 465 g/mol. The molecule has 1 heterocycles. The van der Waals surface area contributed by atoms with Crippen LogP contribution >= 0.6 is 22.9 Å². The third kappa shape index (κ3) is 7.25. The Morgan fingerprint density at radius 3 is 2.74 bits per heavy atom. The summed E-state index contributed by atoms with van der Waals surface area (Å²) in [6.07, 6.45) is 6.89. The van der Waals surface area contributed by atoms with E-state index in [1.807, 2.05) is 18.2 Å². The van der Waals surface area contributed by atoms with Crippen LogP contribution in [0.1, 0.15) is 59.1 Å². The second kappa shape index (κ2) is 11.5. The molecule has 0 N–H and O–H groups in total. The average Bonchev–Trinajstić information content (AvgIpc) is 3.39. The van der Waals surface area contributed by atoms with E-state index >= 15 is 0 Å². The van der Waals surface area contributed by atoms with Gasteiger partial charge >= 0.3 is 11.9 Å². The summed E-state index contributed by atoms with van der Waals surface area (Å²) in [6, 6.07) is 9.34. The molecular weight excluding hydrogens is 436 g/mol. The van der Waals surface area contributed by atoms with Gasteiger partial charge in [-0.3, -0.25) is 4.79 Å². The fourth-order valence-corrected chi connectivity index (χ4v) is 5.37. The third-order valence-electron chi connectivity index (χ3n) is 5.70. The molecule has 2 aromatic rings. The van der Waals surface area contributed by atoms with Crippen molar-refractivity contribution in [2.45, 2.75) is 52.1 Å². The Labute approximate surface area is 192 Å². The van der Waals surface area contributed by atoms with Crippen LogP contribution in [0.3, 0.4) is 0 Å².